The minimum Gasteiger partial charge on any atom is -0.481 e. The standard InChI is InChI=1S/C26H35N3O3/c1-26(2,3)21-6-8-22(9-7-21)28-23-15-20-14-18(4-5-19(20)16-27-23)24(30)29-12-10-17(11-13-29)25(31)32/h4-5,14-17,21-22H,6-13H2,1-3H3,(H,27,28)(H,31,32). The Balaban J connectivity index is 1.42. The van der Waals surface area contributed by atoms with E-state index in [1.54, 1.807) is 4.90 Å². The number of nitrogens with one attached hydrogen (secondary N) is 1. The molecule has 1 saturated carbocycles. The highest BCUT2D eigenvalue weighted by molar-refractivity contribution is 5.99. The Morgan fingerprint density at radius 3 is 2.31 bits per heavy atom. The van der Waals surface area contributed by atoms with Gasteiger partial charge in [-0.05, 0) is 73.4 Å². The molecule has 2 aliphatic rings. The number of amides is 1. The quantitative estimate of drug-likeness (QED) is 0.688. The maximum absolute atomic E-state index is 13.0. The Morgan fingerprint density at radius 2 is 1.69 bits per heavy atom. The number of pyridine rings is 1. The Bertz CT molecular complexity index is 981. The topological polar surface area (TPSA) is 82.5 Å². The van der Waals surface area contributed by atoms with Crippen molar-refractivity contribution in [2.24, 2.45) is 17.3 Å². The maximum atomic E-state index is 13.0. The van der Waals surface area contributed by atoms with Gasteiger partial charge in [-0.2, -0.15) is 0 Å². The second-order valence-electron chi connectivity index (χ2n) is 10.6. The van der Waals surface area contributed by atoms with Crippen molar-refractivity contribution < 1.29 is 14.7 Å². The van der Waals surface area contributed by atoms with Crippen LogP contribution in [0.15, 0.2) is 30.5 Å². The fourth-order valence-corrected chi connectivity index (χ4v) is 5.18. The summed E-state index contributed by atoms with van der Waals surface area (Å²) in [6.45, 7) is 8.00. The summed E-state index contributed by atoms with van der Waals surface area (Å²) in [6, 6.07) is 8.20. The number of aliphatic carboxylic acids is 1. The fraction of sp³-hybridized carbons (Fsp3) is 0.577. The molecule has 0 bridgehead atoms. The van der Waals surface area contributed by atoms with Crippen molar-refractivity contribution in [1.29, 1.82) is 0 Å². The van der Waals surface area contributed by atoms with Crippen molar-refractivity contribution in [3.63, 3.8) is 0 Å². The predicted octanol–water partition coefficient (Wildman–Crippen LogP) is 5.19. The van der Waals surface area contributed by atoms with Crippen LogP contribution in [0.3, 0.4) is 0 Å². The van der Waals surface area contributed by atoms with Gasteiger partial charge >= 0.3 is 5.97 Å². The molecule has 4 rings (SSSR count). The number of aromatic nitrogens is 1. The van der Waals surface area contributed by atoms with E-state index >= 15 is 0 Å². The van der Waals surface area contributed by atoms with E-state index in [9.17, 15) is 14.7 Å². The average molecular weight is 438 g/mol. The maximum Gasteiger partial charge on any atom is 0.306 e. The van der Waals surface area contributed by atoms with Crippen molar-refractivity contribution in [1.82, 2.24) is 9.88 Å². The molecule has 2 N–H and O–H groups in total. The molecule has 6 heteroatoms. The molecular formula is C26H35N3O3. The number of hydrogen-bond acceptors (Lipinski definition) is 4. The number of nitrogens with zero attached hydrogens (tertiary/aromatic N) is 2. The summed E-state index contributed by atoms with van der Waals surface area (Å²) in [7, 11) is 0. The number of benzene rings is 1. The summed E-state index contributed by atoms with van der Waals surface area (Å²) in [5.41, 5.74) is 1.02. The molecule has 2 fully saturated rings. The molecule has 1 amide bonds. The van der Waals surface area contributed by atoms with E-state index < -0.39 is 5.97 Å². The van der Waals surface area contributed by atoms with Gasteiger partial charge in [0.15, 0.2) is 0 Å². The number of fused-ring (bicyclic) bond motifs is 1. The summed E-state index contributed by atoms with van der Waals surface area (Å²) in [5.74, 6) is 0.515. The van der Waals surface area contributed by atoms with Gasteiger partial charge in [0, 0.05) is 36.3 Å². The van der Waals surface area contributed by atoms with Crippen LogP contribution in [-0.2, 0) is 4.79 Å². The minimum atomic E-state index is -0.762. The fourth-order valence-electron chi connectivity index (χ4n) is 5.18. The largest absolute Gasteiger partial charge is 0.481 e. The van der Waals surface area contributed by atoms with Crippen LogP contribution in [0, 0.1) is 17.3 Å². The Hall–Kier alpha value is -2.63. The van der Waals surface area contributed by atoms with Crippen LogP contribution in [0.1, 0.15) is 69.7 Å². The van der Waals surface area contributed by atoms with Crippen molar-refractivity contribution in [2.45, 2.75) is 65.3 Å². The third kappa shape index (κ3) is 5.05. The Labute approximate surface area is 190 Å². The van der Waals surface area contributed by atoms with Gasteiger partial charge in [-0.25, -0.2) is 4.98 Å². The highest BCUT2D eigenvalue weighted by Crippen LogP contribution is 2.38. The molecule has 1 aromatic heterocycles. The molecule has 6 nitrogen and oxygen atoms in total. The number of likely N-dealkylation sites (tertiary alicyclic amines) is 1. The molecule has 0 radical (unpaired) electrons. The second kappa shape index (κ2) is 9.08. The summed E-state index contributed by atoms with van der Waals surface area (Å²) >= 11 is 0. The zero-order valence-electron chi connectivity index (χ0n) is 19.4. The number of carboxylic acids is 1. The van der Waals surface area contributed by atoms with Gasteiger partial charge in [0.05, 0.1) is 5.92 Å². The summed E-state index contributed by atoms with van der Waals surface area (Å²) < 4.78 is 0. The molecule has 1 saturated heterocycles. The molecule has 2 aromatic rings. The number of carbonyl (C=O) groups excluding carboxylic acids is 1. The SMILES string of the molecule is CC(C)(C)C1CCC(Nc2cc3cc(C(=O)N4CCC(C(=O)O)CC4)ccc3cn2)CC1. The van der Waals surface area contributed by atoms with Crippen LogP contribution in [0.4, 0.5) is 5.82 Å². The van der Waals surface area contributed by atoms with E-state index in [2.05, 4.69) is 31.1 Å². The molecular weight excluding hydrogens is 402 g/mol. The highest BCUT2D eigenvalue weighted by Gasteiger charge is 2.30. The third-order valence-corrected chi connectivity index (χ3v) is 7.40. The van der Waals surface area contributed by atoms with E-state index in [-0.39, 0.29) is 11.8 Å². The lowest BCUT2D eigenvalue weighted by Crippen LogP contribution is -2.40. The van der Waals surface area contributed by atoms with Crippen LogP contribution in [0.2, 0.25) is 0 Å². The summed E-state index contributed by atoms with van der Waals surface area (Å²) in [4.78, 5) is 30.5. The van der Waals surface area contributed by atoms with Gasteiger partial charge in [-0.3, -0.25) is 9.59 Å². The van der Waals surface area contributed by atoms with Gasteiger partial charge < -0.3 is 15.3 Å². The normalized spacial score (nSPS) is 22.7. The predicted molar refractivity (Wildman–Crippen MR) is 127 cm³/mol. The number of piperidine rings is 1. The molecule has 2 heterocycles. The average Bonchev–Trinajstić information content (AvgIpc) is 2.78. The first-order chi connectivity index (χ1) is 15.2. The van der Waals surface area contributed by atoms with Crippen LogP contribution in [-0.4, -0.2) is 46.0 Å². The molecule has 0 atom stereocenters. The van der Waals surface area contributed by atoms with Gasteiger partial charge in [0.1, 0.15) is 5.82 Å². The van der Waals surface area contributed by atoms with Crippen LogP contribution in [0.25, 0.3) is 10.8 Å². The number of carboxylic acid groups (broad SMARTS) is 1. The van der Waals surface area contributed by atoms with Crippen molar-refractivity contribution in [3.05, 3.63) is 36.0 Å². The molecule has 172 valence electrons. The van der Waals surface area contributed by atoms with Gasteiger partial charge in [0.2, 0.25) is 0 Å². The first kappa shape index (κ1) is 22.6. The molecule has 0 unspecified atom stereocenters. The van der Waals surface area contributed by atoms with E-state index in [1.165, 1.54) is 12.8 Å². The smallest absolute Gasteiger partial charge is 0.306 e. The summed E-state index contributed by atoms with van der Waals surface area (Å²) in [6.07, 6.45) is 7.70. The lowest BCUT2D eigenvalue weighted by Gasteiger charge is -2.37. The first-order valence-corrected chi connectivity index (χ1v) is 11.9. The van der Waals surface area contributed by atoms with E-state index in [1.807, 2.05) is 30.5 Å². The molecule has 1 aromatic carbocycles. The number of hydrogen-bond donors (Lipinski definition) is 2. The molecule has 0 spiro atoms. The van der Waals surface area contributed by atoms with Gasteiger partial charge in [-0.15, -0.1) is 0 Å². The first-order valence-electron chi connectivity index (χ1n) is 11.9. The van der Waals surface area contributed by atoms with Gasteiger partial charge in [-0.1, -0.05) is 26.8 Å². The zero-order chi connectivity index (χ0) is 22.9. The number of rotatable bonds is 4. The lowest BCUT2D eigenvalue weighted by atomic mass is 9.71. The lowest BCUT2D eigenvalue weighted by molar-refractivity contribution is -0.143. The van der Waals surface area contributed by atoms with Gasteiger partial charge in [0.25, 0.3) is 5.91 Å². The van der Waals surface area contributed by atoms with Crippen LogP contribution < -0.4 is 5.32 Å². The van der Waals surface area contributed by atoms with Crippen molar-refractivity contribution in [2.75, 3.05) is 18.4 Å². The molecule has 32 heavy (non-hydrogen) atoms. The van der Waals surface area contributed by atoms with E-state index in [0.717, 1.165) is 35.3 Å². The van der Waals surface area contributed by atoms with E-state index in [0.29, 0.717) is 43.0 Å². The Kier molecular flexibility index (Phi) is 6.40. The zero-order valence-corrected chi connectivity index (χ0v) is 19.4. The van der Waals surface area contributed by atoms with Crippen molar-refractivity contribution >= 4 is 28.5 Å². The number of anilines is 1. The van der Waals surface area contributed by atoms with Crippen molar-refractivity contribution in [3.8, 4) is 0 Å². The Morgan fingerprint density at radius 1 is 1.00 bits per heavy atom. The molecule has 1 aliphatic carbocycles. The third-order valence-electron chi connectivity index (χ3n) is 7.40. The van der Waals surface area contributed by atoms with Crippen LogP contribution >= 0.6 is 0 Å². The number of carbonyl (C=O) groups is 2. The monoisotopic (exact) mass is 437 g/mol. The highest BCUT2D eigenvalue weighted by atomic mass is 16.4. The second-order valence-corrected chi connectivity index (χ2v) is 10.6. The molecule has 1 aliphatic heterocycles. The van der Waals surface area contributed by atoms with Crippen LogP contribution in [0.5, 0.6) is 0 Å². The minimum absolute atomic E-state index is 0.0254. The summed E-state index contributed by atoms with van der Waals surface area (Å²) in [5, 5.41) is 14.8. The van der Waals surface area contributed by atoms with E-state index in [4.69, 9.17) is 0 Å².